The van der Waals surface area contributed by atoms with Crippen LogP contribution in [0.1, 0.15) is 22.3 Å². The molecule has 4 aliphatic heterocycles. The summed E-state index contributed by atoms with van der Waals surface area (Å²) >= 11 is 0. The third-order valence-electron chi connectivity index (χ3n) is 20.9. The predicted molar refractivity (Wildman–Crippen MR) is 409 cm³/mol. The quantitative estimate of drug-likeness (QED) is 0.120. The molecule has 12 nitrogen and oxygen atoms in total. The SMILES string of the molecule is Cc1cccc(C)c1-n1c(-c2[c-]c3c(cc2)Oc2cccc4c2B3c2[c-]c3c(cc2O4)c2ccccc2n3-c2ccccn2)nc2ccccc21.Cc1cccc(C)c1-n1c(-c2ccc3c(c2)B2c4cc5c(cc4Oc4cccc(c42)O3)c2ccccc2n5-c2ccccn2)nc2ccccc21.[Pt+2]. The molecule has 0 atom stereocenters. The summed E-state index contributed by atoms with van der Waals surface area (Å²) in [6.07, 6.45) is 3.68. The van der Waals surface area contributed by atoms with Crippen LogP contribution in [0.2, 0.25) is 0 Å². The molecule has 12 aromatic carbocycles. The van der Waals surface area contributed by atoms with E-state index < -0.39 is 0 Å². The number of fused-ring (bicyclic) bond motifs is 16. The van der Waals surface area contributed by atoms with Gasteiger partial charge in [-0.1, -0.05) is 138 Å². The van der Waals surface area contributed by atoms with Crippen LogP contribution in [0, 0.1) is 39.8 Å². The van der Waals surface area contributed by atoms with Crippen molar-refractivity contribution in [3.8, 4) is 91.8 Å². The van der Waals surface area contributed by atoms with Gasteiger partial charge in [-0.15, -0.1) is 40.8 Å². The van der Waals surface area contributed by atoms with Crippen molar-refractivity contribution in [2.75, 3.05) is 0 Å². The van der Waals surface area contributed by atoms with Crippen LogP contribution in [0.15, 0.2) is 267 Å². The van der Waals surface area contributed by atoms with Crippen LogP contribution in [0.3, 0.4) is 0 Å². The van der Waals surface area contributed by atoms with Gasteiger partial charge in [0.05, 0.1) is 44.6 Å². The van der Waals surface area contributed by atoms with Crippen LogP contribution in [0.4, 0.5) is 0 Å². The molecule has 22 rings (SSSR count). The maximum atomic E-state index is 6.75. The van der Waals surface area contributed by atoms with Crippen molar-refractivity contribution in [1.82, 2.24) is 38.2 Å². The Bertz CT molecular complexity index is 6180. The molecule has 0 fully saturated rings. The van der Waals surface area contributed by atoms with Gasteiger partial charge in [0.25, 0.3) is 6.71 Å². The van der Waals surface area contributed by atoms with Crippen LogP contribution >= 0.6 is 0 Å². The van der Waals surface area contributed by atoms with Gasteiger partial charge in [0.15, 0.2) is 0 Å². The fourth-order valence-electron chi connectivity index (χ4n) is 16.5. The summed E-state index contributed by atoms with van der Waals surface area (Å²) in [4.78, 5) is 20.0. The van der Waals surface area contributed by atoms with E-state index in [2.05, 4.69) is 246 Å². The minimum atomic E-state index is -0.235. The van der Waals surface area contributed by atoms with Crippen LogP contribution in [-0.4, -0.2) is 51.6 Å². The molecule has 0 N–H and O–H groups in total. The molecule has 15 heteroatoms. The zero-order chi connectivity index (χ0) is 67.6. The normalized spacial score (nSPS) is 12.7. The van der Waals surface area contributed by atoms with E-state index >= 15 is 0 Å². The largest absolute Gasteiger partial charge is 2.00 e. The molecule has 0 saturated heterocycles. The number of aryl methyl sites for hydroxylation is 4. The first kappa shape index (κ1) is 60.5. The molecule has 103 heavy (non-hydrogen) atoms. The Morgan fingerprint density at radius 1 is 0.330 bits per heavy atom. The van der Waals surface area contributed by atoms with Crippen LogP contribution in [0.25, 0.3) is 111 Å². The average Bonchev–Trinajstić information content (AvgIpc) is 1.71. The van der Waals surface area contributed by atoms with Crippen LogP contribution in [0.5, 0.6) is 46.0 Å². The average molecular weight is 1510 g/mol. The topological polar surface area (TPSA) is 108 Å². The summed E-state index contributed by atoms with van der Waals surface area (Å²) in [6, 6.07) is 95.8. The number of pyridine rings is 2. The molecule has 6 aromatic heterocycles. The number of ether oxygens (including phenoxy) is 4. The second-order valence-electron chi connectivity index (χ2n) is 26.8. The third-order valence-corrected chi connectivity index (χ3v) is 20.9. The van der Waals surface area contributed by atoms with Gasteiger partial charge in [-0.2, -0.15) is 6.07 Å². The van der Waals surface area contributed by atoms with Crippen LogP contribution in [-0.2, 0) is 21.1 Å². The van der Waals surface area contributed by atoms with Crippen molar-refractivity contribution in [2.45, 2.75) is 27.7 Å². The number of para-hydroxylation sites is 8. The molecule has 18 aromatic rings. The Morgan fingerprint density at radius 3 is 1.44 bits per heavy atom. The molecule has 0 unspecified atom stereocenters. The fourth-order valence-corrected chi connectivity index (χ4v) is 16.5. The van der Waals surface area contributed by atoms with Gasteiger partial charge in [0.1, 0.15) is 52.0 Å². The summed E-state index contributed by atoms with van der Waals surface area (Å²) in [6.45, 7) is 8.30. The molecule has 0 aliphatic carbocycles. The molecule has 0 saturated carbocycles. The second-order valence-corrected chi connectivity index (χ2v) is 26.8. The standard InChI is InChI=1S/C44H29BN4O2.C44H27BN4O2.Pt/c2*1-26-11-9-12-27(2)43(26)49-35-16-6-4-14-33(35)47-44(49)28-20-21-37-31(23-28)45-32-25-36-30(24-40(32)51-39-18-10-17-38(50-37)42(39)45)29-13-3-5-15-34(29)48(36)41-19-7-8-22-46-41;/h3-25H,1-2H3;3-22,24H,1-2H3;/q;-2;+2. The van der Waals surface area contributed by atoms with Crippen molar-refractivity contribution in [3.63, 3.8) is 0 Å². The van der Waals surface area contributed by atoms with E-state index in [0.717, 1.165) is 190 Å². The summed E-state index contributed by atoms with van der Waals surface area (Å²) in [5.41, 5.74) is 23.2. The van der Waals surface area contributed by atoms with Gasteiger partial charge < -0.3 is 28.1 Å². The number of hydrogen-bond acceptors (Lipinski definition) is 8. The van der Waals surface area contributed by atoms with E-state index in [1.807, 2.05) is 79.1 Å². The molecule has 0 amide bonds. The van der Waals surface area contributed by atoms with Crippen molar-refractivity contribution in [3.05, 3.63) is 302 Å². The summed E-state index contributed by atoms with van der Waals surface area (Å²) < 4.78 is 35.8. The Morgan fingerprint density at radius 2 is 0.806 bits per heavy atom. The van der Waals surface area contributed by atoms with Crippen molar-refractivity contribution >= 4 is 112 Å². The van der Waals surface area contributed by atoms with E-state index in [1.54, 1.807) is 0 Å². The summed E-state index contributed by atoms with van der Waals surface area (Å²) in [5, 5.41) is 4.45. The first-order valence-electron chi connectivity index (χ1n) is 34.4. The van der Waals surface area contributed by atoms with Crippen molar-refractivity contribution in [1.29, 1.82) is 0 Å². The minimum absolute atomic E-state index is 0. The van der Waals surface area contributed by atoms with Gasteiger partial charge >= 0.3 is 21.1 Å². The fraction of sp³-hybridized carbons (Fsp3) is 0.0455. The Kier molecular flexibility index (Phi) is 13.7. The van der Waals surface area contributed by atoms with E-state index in [0.29, 0.717) is 0 Å². The Labute approximate surface area is 607 Å². The number of imidazole rings is 2. The maximum absolute atomic E-state index is 6.75. The van der Waals surface area contributed by atoms with E-state index in [1.165, 1.54) is 22.3 Å². The second kappa shape index (κ2) is 23.3. The number of benzene rings is 12. The molecule has 4 aliphatic rings. The monoisotopic (exact) mass is 1510 g/mol. The zero-order valence-corrected chi connectivity index (χ0v) is 58.4. The summed E-state index contributed by atoms with van der Waals surface area (Å²) in [5.74, 6) is 9.84. The zero-order valence-electron chi connectivity index (χ0n) is 56.1. The number of nitrogens with zero attached hydrogens (tertiary/aromatic N) is 8. The third kappa shape index (κ3) is 9.16. The molecular weight excluding hydrogens is 1450 g/mol. The van der Waals surface area contributed by atoms with Crippen molar-refractivity contribution < 1.29 is 40.0 Å². The van der Waals surface area contributed by atoms with Gasteiger partial charge in [-0.05, 0) is 175 Å². The van der Waals surface area contributed by atoms with Gasteiger partial charge in [-0.3, -0.25) is 14.1 Å². The molecule has 488 valence electrons. The molecule has 10 heterocycles. The number of hydrogen-bond donors (Lipinski definition) is 0. The molecule has 0 radical (unpaired) electrons. The van der Waals surface area contributed by atoms with Gasteiger partial charge in [0, 0.05) is 62.4 Å². The smallest absolute Gasteiger partial charge is 0.518 e. The molecule has 0 bridgehead atoms. The summed E-state index contributed by atoms with van der Waals surface area (Å²) in [7, 11) is 0. The number of aromatic nitrogens is 8. The van der Waals surface area contributed by atoms with Crippen LogP contribution < -0.4 is 51.7 Å². The minimum Gasteiger partial charge on any atom is -0.518 e. The Balaban J connectivity index is 0.000000136. The van der Waals surface area contributed by atoms with Gasteiger partial charge in [-0.25, -0.2) is 15.0 Å². The Hall–Kier alpha value is -12.5. The number of rotatable bonds is 6. The first-order chi connectivity index (χ1) is 50.2. The maximum Gasteiger partial charge on any atom is 2.00 e. The first-order valence-corrected chi connectivity index (χ1v) is 34.4. The molecule has 0 spiro atoms. The van der Waals surface area contributed by atoms with E-state index in [4.69, 9.17) is 38.9 Å². The van der Waals surface area contributed by atoms with E-state index in [9.17, 15) is 0 Å². The van der Waals surface area contributed by atoms with E-state index in [-0.39, 0.29) is 34.5 Å². The van der Waals surface area contributed by atoms with Crippen molar-refractivity contribution in [2.24, 2.45) is 0 Å². The molecular formula is C88H56B2N8O4Pt. The van der Waals surface area contributed by atoms with Gasteiger partial charge in [0.2, 0.25) is 6.71 Å². The predicted octanol–water partition coefficient (Wildman–Crippen LogP) is 16.7.